The predicted octanol–water partition coefficient (Wildman–Crippen LogP) is 1.57. The topological polar surface area (TPSA) is 56.8 Å². The molecule has 0 aromatic heterocycles. The Morgan fingerprint density at radius 2 is 1.70 bits per heavy atom. The molecule has 0 spiro atoms. The van der Waals surface area contributed by atoms with Crippen LogP contribution in [0.2, 0.25) is 0 Å². The molecular weight excluding hydrogens is 278 g/mol. The second kappa shape index (κ2) is 8.11. The normalized spacial score (nSPS) is 13.7. The van der Waals surface area contributed by atoms with Crippen LogP contribution in [0.25, 0.3) is 0 Å². The summed E-state index contributed by atoms with van der Waals surface area (Å²) in [5.74, 6) is 2.71. The van der Waals surface area contributed by atoms with E-state index in [2.05, 4.69) is 5.32 Å². The highest BCUT2D eigenvalue weighted by atomic mass is 32.2. The van der Waals surface area contributed by atoms with E-state index in [0.717, 1.165) is 5.56 Å². The van der Waals surface area contributed by atoms with E-state index in [4.69, 9.17) is 14.2 Å². The molecule has 2 unspecified atom stereocenters. The van der Waals surface area contributed by atoms with Gasteiger partial charge in [0.05, 0.1) is 26.9 Å². The van der Waals surface area contributed by atoms with E-state index in [1.54, 1.807) is 27.6 Å². The van der Waals surface area contributed by atoms with E-state index in [1.807, 2.05) is 19.1 Å². The summed E-state index contributed by atoms with van der Waals surface area (Å²) in [7, 11) is 4.01. The minimum absolute atomic E-state index is 0.150. The number of methoxy groups -OCH3 is 3. The monoisotopic (exact) mass is 301 g/mol. The third kappa shape index (κ3) is 4.68. The van der Waals surface area contributed by atoms with Crippen molar-refractivity contribution >= 4 is 10.8 Å². The van der Waals surface area contributed by atoms with Crippen molar-refractivity contribution < 1.29 is 18.4 Å². The summed E-state index contributed by atoms with van der Waals surface area (Å²) in [6, 6.07) is 3.79. The van der Waals surface area contributed by atoms with Gasteiger partial charge in [0.2, 0.25) is 0 Å². The molecule has 0 heterocycles. The number of hydrogen-bond acceptors (Lipinski definition) is 5. The van der Waals surface area contributed by atoms with Crippen molar-refractivity contribution in [2.24, 2.45) is 0 Å². The number of ether oxygens (including phenoxy) is 3. The van der Waals surface area contributed by atoms with Crippen molar-refractivity contribution in [1.29, 1.82) is 0 Å². The van der Waals surface area contributed by atoms with Crippen LogP contribution in [0.4, 0.5) is 0 Å². The summed E-state index contributed by atoms with van der Waals surface area (Å²) < 4.78 is 27.2. The molecule has 1 N–H and O–H groups in total. The van der Waals surface area contributed by atoms with E-state index in [-0.39, 0.29) is 6.04 Å². The van der Waals surface area contributed by atoms with Crippen molar-refractivity contribution in [2.45, 2.75) is 19.5 Å². The zero-order valence-corrected chi connectivity index (χ0v) is 13.5. The Hall–Kier alpha value is -1.27. The van der Waals surface area contributed by atoms with Gasteiger partial charge in [-0.25, -0.2) is 0 Å². The lowest BCUT2D eigenvalue weighted by Gasteiger charge is -2.18. The molecule has 20 heavy (non-hydrogen) atoms. The second-order valence-corrected chi connectivity index (χ2v) is 6.01. The molecule has 0 fully saturated rings. The van der Waals surface area contributed by atoms with Gasteiger partial charge in [-0.3, -0.25) is 4.21 Å². The minimum Gasteiger partial charge on any atom is -0.496 e. The van der Waals surface area contributed by atoms with Crippen molar-refractivity contribution in [2.75, 3.05) is 33.3 Å². The molecule has 6 heteroatoms. The average molecular weight is 301 g/mol. The maximum atomic E-state index is 11.2. The molecule has 0 saturated heterocycles. The van der Waals surface area contributed by atoms with Crippen LogP contribution in [0.15, 0.2) is 12.1 Å². The molecule has 0 bridgehead atoms. The number of rotatable bonds is 8. The Labute approximate surface area is 123 Å². The Balaban J connectivity index is 2.89. The fraction of sp³-hybridized carbons (Fsp3) is 0.571. The third-order valence-electron chi connectivity index (χ3n) is 2.93. The van der Waals surface area contributed by atoms with Gasteiger partial charge in [-0.05, 0) is 6.92 Å². The van der Waals surface area contributed by atoms with Crippen LogP contribution < -0.4 is 19.5 Å². The van der Waals surface area contributed by atoms with Gasteiger partial charge in [-0.1, -0.05) is 0 Å². The lowest BCUT2D eigenvalue weighted by Crippen LogP contribution is -2.30. The first-order chi connectivity index (χ1) is 9.51. The molecule has 114 valence electrons. The smallest absolute Gasteiger partial charge is 0.130 e. The van der Waals surface area contributed by atoms with E-state index >= 15 is 0 Å². The highest BCUT2D eigenvalue weighted by Crippen LogP contribution is 2.33. The molecule has 0 aliphatic heterocycles. The maximum Gasteiger partial charge on any atom is 0.130 e. The van der Waals surface area contributed by atoms with Gasteiger partial charge in [0.1, 0.15) is 17.2 Å². The first kappa shape index (κ1) is 16.8. The molecule has 0 amide bonds. The standard InChI is InChI=1S/C14H23NO4S/c1-10(9-20(5)16)15-8-12-13(18-3)6-11(17-2)7-14(12)19-4/h6-7,10,15H,8-9H2,1-5H3. The SMILES string of the molecule is COc1cc(OC)c(CNC(C)CS(C)=O)c(OC)c1. The molecule has 1 aromatic rings. The first-order valence-electron chi connectivity index (χ1n) is 6.34. The maximum absolute atomic E-state index is 11.2. The van der Waals surface area contributed by atoms with Gasteiger partial charge >= 0.3 is 0 Å². The Morgan fingerprint density at radius 3 is 2.10 bits per heavy atom. The molecule has 0 saturated carbocycles. The highest BCUT2D eigenvalue weighted by molar-refractivity contribution is 7.84. The molecule has 1 rings (SSSR count). The molecular formula is C14H23NO4S. The van der Waals surface area contributed by atoms with Crippen molar-refractivity contribution in [3.63, 3.8) is 0 Å². The fourth-order valence-corrected chi connectivity index (χ4v) is 2.76. The third-order valence-corrected chi connectivity index (χ3v) is 3.90. The van der Waals surface area contributed by atoms with E-state index in [1.165, 1.54) is 0 Å². The zero-order chi connectivity index (χ0) is 15.1. The molecule has 0 aliphatic rings. The summed E-state index contributed by atoms with van der Waals surface area (Å²) in [6.07, 6.45) is 1.70. The van der Waals surface area contributed by atoms with Crippen LogP contribution in [0.1, 0.15) is 12.5 Å². The molecule has 1 aromatic carbocycles. The summed E-state index contributed by atoms with van der Waals surface area (Å²) in [5, 5.41) is 3.32. The van der Waals surface area contributed by atoms with Crippen LogP contribution in [0.3, 0.4) is 0 Å². The predicted molar refractivity (Wildman–Crippen MR) is 81.3 cm³/mol. The zero-order valence-electron chi connectivity index (χ0n) is 12.7. The summed E-state index contributed by atoms with van der Waals surface area (Å²) in [6.45, 7) is 2.58. The van der Waals surface area contributed by atoms with Crippen molar-refractivity contribution in [1.82, 2.24) is 5.32 Å². The summed E-state index contributed by atoms with van der Waals surface area (Å²) in [5.41, 5.74) is 0.921. The Bertz CT molecular complexity index is 439. The van der Waals surface area contributed by atoms with Crippen LogP contribution in [-0.2, 0) is 17.3 Å². The molecule has 0 aliphatic carbocycles. The van der Waals surface area contributed by atoms with Gasteiger partial charge in [-0.15, -0.1) is 0 Å². The average Bonchev–Trinajstić information content (AvgIpc) is 2.43. The largest absolute Gasteiger partial charge is 0.496 e. The Morgan fingerprint density at radius 1 is 1.15 bits per heavy atom. The van der Waals surface area contributed by atoms with Gasteiger partial charge in [0.25, 0.3) is 0 Å². The van der Waals surface area contributed by atoms with Crippen molar-refractivity contribution in [3.05, 3.63) is 17.7 Å². The first-order valence-corrected chi connectivity index (χ1v) is 8.06. The Kier molecular flexibility index (Phi) is 6.81. The van der Waals surface area contributed by atoms with E-state index in [9.17, 15) is 4.21 Å². The molecule has 0 radical (unpaired) electrons. The van der Waals surface area contributed by atoms with Gasteiger partial charge in [-0.2, -0.15) is 0 Å². The summed E-state index contributed by atoms with van der Waals surface area (Å²) in [4.78, 5) is 0. The fourth-order valence-electron chi connectivity index (χ4n) is 1.94. The van der Waals surface area contributed by atoms with Crippen LogP contribution in [0, 0.1) is 0 Å². The van der Waals surface area contributed by atoms with Crippen LogP contribution in [-0.4, -0.2) is 43.6 Å². The number of benzene rings is 1. The minimum atomic E-state index is -0.818. The lowest BCUT2D eigenvalue weighted by molar-refractivity contribution is 0.365. The lowest BCUT2D eigenvalue weighted by atomic mass is 10.1. The number of nitrogens with one attached hydrogen (secondary N) is 1. The highest BCUT2D eigenvalue weighted by Gasteiger charge is 2.14. The van der Waals surface area contributed by atoms with Crippen LogP contribution in [0.5, 0.6) is 17.2 Å². The van der Waals surface area contributed by atoms with E-state index < -0.39 is 10.8 Å². The van der Waals surface area contributed by atoms with Gasteiger partial charge < -0.3 is 19.5 Å². The quantitative estimate of drug-likeness (QED) is 0.790. The number of hydrogen-bond donors (Lipinski definition) is 1. The second-order valence-electron chi connectivity index (χ2n) is 4.53. The van der Waals surface area contributed by atoms with Gasteiger partial charge in [0, 0.05) is 47.5 Å². The van der Waals surface area contributed by atoms with Crippen molar-refractivity contribution in [3.8, 4) is 17.2 Å². The van der Waals surface area contributed by atoms with Gasteiger partial charge in [0.15, 0.2) is 0 Å². The van der Waals surface area contributed by atoms with E-state index in [0.29, 0.717) is 29.5 Å². The summed E-state index contributed by atoms with van der Waals surface area (Å²) >= 11 is 0. The van der Waals surface area contributed by atoms with Crippen LogP contribution >= 0.6 is 0 Å². The molecule has 5 nitrogen and oxygen atoms in total. The molecule has 2 atom stereocenters.